The number of quaternary nitrogens is 1. The maximum absolute atomic E-state index is 12.8. The molecule has 0 aliphatic carbocycles. The number of esters is 2. The molecule has 1 N–H and O–H groups in total. The van der Waals surface area contributed by atoms with Crippen LogP contribution in [0, 0.1) is 0 Å². The molecule has 0 fully saturated rings. The van der Waals surface area contributed by atoms with Gasteiger partial charge in [-0.25, -0.2) is 4.79 Å². The lowest BCUT2D eigenvalue weighted by atomic mass is 10.0. The van der Waals surface area contributed by atoms with Gasteiger partial charge in [0.2, 0.25) is 0 Å². The minimum Gasteiger partial charge on any atom is -0.477 e. The largest absolute Gasteiger partial charge is 0.477 e. The van der Waals surface area contributed by atoms with E-state index in [1.165, 1.54) is 77.0 Å². The van der Waals surface area contributed by atoms with E-state index < -0.39 is 18.1 Å². The summed E-state index contributed by atoms with van der Waals surface area (Å²) < 4.78 is 17.3. The summed E-state index contributed by atoms with van der Waals surface area (Å²) in [7, 11) is 5.52. The van der Waals surface area contributed by atoms with E-state index in [2.05, 4.69) is 111 Å². The number of likely N-dealkylation sites (N-methyl/N-ethyl adjacent to an activating group) is 1. The number of carboxylic acid groups (broad SMARTS) is 1. The first kappa shape index (κ1) is 62.2. The number of carboxylic acids is 1. The summed E-state index contributed by atoms with van der Waals surface area (Å²) in [5.41, 5.74) is 0. The highest BCUT2D eigenvalue weighted by Crippen LogP contribution is 2.15. The highest BCUT2D eigenvalue weighted by molar-refractivity contribution is 5.72. The minimum absolute atomic E-state index is 0.0423. The predicted molar refractivity (Wildman–Crippen MR) is 279 cm³/mol. The second-order valence-electron chi connectivity index (χ2n) is 18.4. The van der Waals surface area contributed by atoms with E-state index in [1.807, 2.05) is 21.1 Å². The molecular formula is C58H98NO7+. The number of aliphatic carboxylic acids is 1. The highest BCUT2D eigenvalue weighted by Gasteiger charge is 2.31. The summed E-state index contributed by atoms with van der Waals surface area (Å²) in [6.07, 6.45) is 64.6. The Kier molecular flexibility index (Phi) is 45.0. The molecule has 8 nitrogen and oxygen atoms in total. The number of carbonyl (C=O) groups is 3. The molecule has 376 valence electrons. The molecule has 0 heterocycles. The first-order chi connectivity index (χ1) is 32.1. The van der Waals surface area contributed by atoms with Gasteiger partial charge in [-0.1, -0.05) is 188 Å². The molecule has 0 bridgehead atoms. The van der Waals surface area contributed by atoms with Crippen LogP contribution in [0.1, 0.15) is 200 Å². The molecule has 2 unspecified atom stereocenters. The Labute approximate surface area is 405 Å². The lowest BCUT2D eigenvalue weighted by Gasteiger charge is -2.31. The quantitative estimate of drug-likeness (QED) is 0.0281. The van der Waals surface area contributed by atoms with Gasteiger partial charge < -0.3 is 23.8 Å². The zero-order valence-corrected chi connectivity index (χ0v) is 42.9. The van der Waals surface area contributed by atoms with Gasteiger partial charge in [-0.15, -0.1) is 0 Å². The van der Waals surface area contributed by atoms with E-state index in [1.54, 1.807) is 0 Å². The molecule has 0 aliphatic heterocycles. The van der Waals surface area contributed by atoms with Crippen molar-refractivity contribution < 1.29 is 38.2 Å². The van der Waals surface area contributed by atoms with E-state index in [4.69, 9.17) is 14.2 Å². The van der Waals surface area contributed by atoms with Crippen LogP contribution in [0.15, 0.2) is 97.2 Å². The van der Waals surface area contributed by atoms with Crippen molar-refractivity contribution in [2.24, 2.45) is 0 Å². The SMILES string of the molecule is CC/C=C/C/C=C/C/C=C/C/C=C/C/C=C/C/C=C/CCCCC(=O)OCC(COCCC(C(=O)O)[N+](C)(C)C)OC(=O)CCCCCCCCCCCCCCCC/C=C/C/C=C/CC. The van der Waals surface area contributed by atoms with Crippen molar-refractivity contribution in [3.8, 4) is 0 Å². The third-order valence-electron chi connectivity index (χ3n) is 11.2. The molecule has 0 aromatic heterocycles. The Morgan fingerprint density at radius 2 is 0.803 bits per heavy atom. The van der Waals surface area contributed by atoms with Crippen LogP contribution in [0.5, 0.6) is 0 Å². The summed E-state index contributed by atoms with van der Waals surface area (Å²) in [6.45, 7) is 4.48. The predicted octanol–water partition coefficient (Wildman–Crippen LogP) is 15.4. The first-order valence-corrected chi connectivity index (χ1v) is 26.3. The standard InChI is InChI=1S/C58H97NO7/c1-6-8-10-12-14-16-18-20-22-24-26-28-30-32-34-36-38-40-42-44-46-48-56(60)65-53-54(52-64-51-50-55(58(62)63)59(3,4)5)66-57(61)49-47-45-43-41-39-37-35-33-31-29-27-25-23-21-19-17-15-13-11-9-7-2/h8-11,14-17,20,22,26,28,32,34,38,40,54-55H,6-7,12-13,18-19,21,23-25,27,29-31,33,35-37,39,41-53H2,1-5H3/p+1/b10-8+,11-9+,16-14+,17-15+,22-20+,28-26+,34-32+,40-38+. The van der Waals surface area contributed by atoms with Gasteiger partial charge in [-0.2, -0.15) is 0 Å². The van der Waals surface area contributed by atoms with Crippen molar-refractivity contribution in [1.82, 2.24) is 0 Å². The molecule has 0 aliphatic rings. The topological polar surface area (TPSA) is 99.1 Å². The van der Waals surface area contributed by atoms with Gasteiger partial charge in [-0.3, -0.25) is 9.59 Å². The van der Waals surface area contributed by atoms with Crippen molar-refractivity contribution in [3.63, 3.8) is 0 Å². The molecule has 0 rings (SSSR count). The van der Waals surface area contributed by atoms with E-state index in [9.17, 15) is 19.5 Å². The summed E-state index contributed by atoms with van der Waals surface area (Å²) in [6, 6.07) is -0.627. The van der Waals surface area contributed by atoms with Gasteiger partial charge in [0.25, 0.3) is 0 Å². The van der Waals surface area contributed by atoms with Crippen LogP contribution in [0.4, 0.5) is 0 Å². The summed E-state index contributed by atoms with van der Waals surface area (Å²) in [4.78, 5) is 37.2. The zero-order chi connectivity index (χ0) is 48.4. The third-order valence-corrected chi connectivity index (χ3v) is 11.2. The molecule has 8 heteroatoms. The number of hydrogen-bond acceptors (Lipinski definition) is 6. The molecule has 0 radical (unpaired) electrons. The van der Waals surface area contributed by atoms with Crippen molar-refractivity contribution >= 4 is 17.9 Å². The Morgan fingerprint density at radius 1 is 0.455 bits per heavy atom. The smallest absolute Gasteiger partial charge is 0.362 e. The van der Waals surface area contributed by atoms with E-state index in [-0.39, 0.29) is 36.2 Å². The molecular weight excluding hydrogens is 823 g/mol. The van der Waals surface area contributed by atoms with Gasteiger partial charge in [0, 0.05) is 19.3 Å². The number of allylic oxidation sites excluding steroid dienone is 16. The van der Waals surface area contributed by atoms with Crippen LogP contribution < -0.4 is 0 Å². The maximum Gasteiger partial charge on any atom is 0.362 e. The number of nitrogens with zero attached hydrogens (tertiary/aromatic N) is 1. The normalized spacial score (nSPS) is 13.7. The highest BCUT2D eigenvalue weighted by atomic mass is 16.6. The van der Waals surface area contributed by atoms with E-state index >= 15 is 0 Å². The third kappa shape index (κ3) is 45.4. The summed E-state index contributed by atoms with van der Waals surface area (Å²) >= 11 is 0. The van der Waals surface area contributed by atoms with E-state index in [0.29, 0.717) is 25.7 Å². The molecule has 0 saturated carbocycles. The number of carbonyl (C=O) groups excluding carboxylic acids is 2. The Morgan fingerprint density at radius 3 is 1.21 bits per heavy atom. The molecule has 66 heavy (non-hydrogen) atoms. The van der Waals surface area contributed by atoms with Crippen molar-refractivity contribution in [3.05, 3.63) is 97.2 Å². The van der Waals surface area contributed by atoms with E-state index in [0.717, 1.165) is 83.5 Å². The molecule has 0 aromatic rings. The summed E-state index contributed by atoms with van der Waals surface area (Å²) in [5.74, 6) is -1.53. The molecule has 0 aromatic carbocycles. The lowest BCUT2D eigenvalue weighted by molar-refractivity contribution is -0.887. The van der Waals surface area contributed by atoms with Gasteiger partial charge in [0.05, 0.1) is 34.4 Å². The lowest BCUT2D eigenvalue weighted by Crippen LogP contribution is -2.50. The molecule has 0 spiro atoms. The zero-order valence-electron chi connectivity index (χ0n) is 42.9. The second kappa shape index (κ2) is 47.7. The fourth-order valence-corrected chi connectivity index (χ4v) is 7.25. The number of unbranched alkanes of at least 4 members (excludes halogenated alkanes) is 16. The van der Waals surface area contributed by atoms with Crippen molar-refractivity contribution in [1.29, 1.82) is 0 Å². The Balaban J connectivity index is 4.31. The van der Waals surface area contributed by atoms with Crippen LogP contribution in [0.2, 0.25) is 0 Å². The van der Waals surface area contributed by atoms with Gasteiger partial charge >= 0.3 is 17.9 Å². The Hall–Kier alpha value is -3.75. The monoisotopic (exact) mass is 921 g/mol. The molecule has 2 atom stereocenters. The number of rotatable bonds is 46. The van der Waals surface area contributed by atoms with Crippen LogP contribution in [-0.4, -0.2) is 80.6 Å². The van der Waals surface area contributed by atoms with Gasteiger partial charge in [0.1, 0.15) is 6.61 Å². The average molecular weight is 921 g/mol. The first-order valence-electron chi connectivity index (χ1n) is 26.3. The minimum atomic E-state index is -0.883. The van der Waals surface area contributed by atoms with Crippen molar-refractivity contribution in [2.45, 2.75) is 212 Å². The second-order valence-corrected chi connectivity index (χ2v) is 18.4. The van der Waals surface area contributed by atoms with Gasteiger partial charge in [0.15, 0.2) is 12.1 Å². The Bertz CT molecular complexity index is 1400. The number of hydrogen-bond donors (Lipinski definition) is 1. The van der Waals surface area contributed by atoms with Gasteiger partial charge in [-0.05, 0) is 89.9 Å². The fraction of sp³-hybridized carbons (Fsp3) is 0.672. The van der Waals surface area contributed by atoms with Crippen LogP contribution in [0.25, 0.3) is 0 Å². The maximum atomic E-state index is 12.8. The molecule has 0 saturated heterocycles. The average Bonchev–Trinajstić information content (AvgIpc) is 3.28. The van der Waals surface area contributed by atoms with Crippen molar-refractivity contribution in [2.75, 3.05) is 41.0 Å². The summed E-state index contributed by atoms with van der Waals surface area (Å²) in [5, 5.41) is 9.66. The van der Waals surface area contributed by atoms with Crippen LogP contribution in [-0.2, 0) is 28.6 Å². The van der Waals surface area contributed by atoms with Crippen LogP contribution in [0.3, 0.4) is 0 Å². The van der Waals surface area contributed by atoms with Crippen LogP contribution >= 0.6 is 0 Å². The molecule has 0 amide bonds. The fourth-order valence-electron chi connectivity index (χ4n) is 7.25. The number of ether oxygens (including phenoxy) is 3.